The summed E-state index contributed by atoms with van der Waals surface area (Å²) >= 11 is 0. The molecule has 17 heavy (non-hydrogen) atoms. The summed E-state index contributed by atoms with van der Waals surface area (Å²) in [7, 11) is 2.00. The lowest BCUT2D eigenvalue weighted by atomic mass is 10.1. The standard InChI is InChI=1S/C12H17N5/c1-17(10-3-2-5-14-6-4-10)12-11(9-13)15-7-8-16-12/h7-8,10,14H,2-6H2,1H3. The molecule has 1 atom stereocenters. The van der Waals surface area contributed by atoms with E-state index in [-0.39, 0.29) is 0 Å². The zero-order valence-corrected chi connectivity index (χ0v) is 10.1. The highest BCUT2D eigenvalue weighted by Gasteiger charge is 2.20. The molecule has 1 aliphatic heterocycles. The highest BCUT2D eigenvalue weighted by molar-refractivity contribution is 5.49. The topological polar surface area (TPSA) is 64.8 Å². The number of rotatable bonds is 2. The molecule has 0 bridgehead atoms. The average molecular weight is 231 g/mol. The Bertz CT molecular complexity index is 404. The van der Waals surface area contributed by atoms with Crippen LogP contribution in [0.15, 0.2) is 12.4 Å². The van der Waals surface area contributed by atoms with E-state index in [1.165, 1.54) is 0 Å². The van der Waals surface area contributed by atoms with E-state index in [0.717, 1.165) is 32.4 Å². The molecule has 0 radical (unpaired) electrons. The molecule has 0 saturated carbocycles. The fraction of sp³-hybridized carbons (Fsp3) is 0.583. The molecule has 0 aliphatic carbocycles. The smallest absolute Gasteiger partial charge is 0.183 e. The lowest BCUT2D eigenvalue weighted by molar-refractivity contribution is 0.561. The van der Waals surface area contributed by atoms with Gasteiger partial charge < -0.3 is 10.2 Å². The van der Waals surface area contributed by atoms with Crippen LogP contribution in [-0.4, -0.2) is 36.1 Å². The summed E-state index contributed by atoms with van der Waals surface area (Å²) in [6, 6.07) is 2.54. The molecule has 1 N–H and O–H groups in total. The zero-order valence-electron chi connectivity index (χ0n) is 10.1. The first-order chi connectivity index (χ1) is 8.33. The third-order valence-electron chi connectivity index (χ3n) is 3.21. The Morgan fingerprint density at radius 1 is 1.35 bits per heavy atom. The molecule has 1 unspecified atom stereocenters. The van der Waals surface area contributed by atoms with E-state index >= 15 is 0 Å². The second-order valence-electron chi connectivity index (χ2n) is 4.29. The molecule has 90 valence electrons. The molecule has 1 aromatic heterocycles. The summed E-state index contributed by atoms with van der Waals surface area (Å²) in [5, 5.41) is 12.4. The van der Waals surface area contributed by atoms with Gasteiger partial charge in [-0.25, -0.2) is 9.97 Å². The fourth-order valence-electron chi connectivity index (χ4n) is 2.23. The van der Waals surface area contributed by atoms with Gasteiger partial charge in [0.2, 0.25) is 0 Å². The van der Waals surface area contributed by atoms with Gasteiger partial charge >= 0.3 is 0 Å². The van der Waals surface area contributed by atoms with Crippen LogP contribution in [0, 0.1) is 11.3 Å². The summed E-state index contributed by atoms with van der Waals surface area (Å²) in [4.78, 5) is 10.4. The summed E-state index contributed by atoms with van der Waals surface area (Å²) in [5.41, 5.74) is 0.409. The van der Waals surface area contributed by atoms with Crippen molar-refractivity contribution in [2.75, 3.05) is 25.0 Å². The molecule has 5 nitrogen and oxygen atoms in total. The van der Waals surface area contributed by atoms with Crippen molar-refractivity contribution < 1.29 is 0 Å². The summed E-state index contributed by atoms with van der Waals surface area (Å²) < 4.78 is 0. The number of hydrogen-bond donors (Lipinski definition) is 1. The third kappa shape index (κ3) is 2.71. The Morgan fingerprint density at radius 2 is 2.18 bits per heavy atom. The van der Waals surface area contributed by atoms with Gasteiger partial charge in [0.25, 0.3) is 0 Å². The van der Waals surface area contributed by atoms with Crippen molar-refractivity contribution >= 4 is 5.82 Å². The Kier molecular flexibility index (Phi) is 3.89. The van der Waals surface area contributed by atoms with Gasteiger partial charge in [0, 0.05) is 25.5 Å². The van der Waals surface area contributed by atoms with Crippen molar-refractivity contribution in [2.45, 2.75) is 25.3 Å². The van der Waals surface area contributed by atoms with E-state index in [1.54, 1.807) is 12.4 Å². The number of nitrogens with zero attached hydrogens (tertiary/aromatic N) is 4. The van der Waals surface area contributed by atoms with Crippen LogP contribution in [0.3, 0.4) is 0 Å². The first kappa shape index (κ1) is 11.8. The molecule has 2 rings (SSSR count). The third-order valence-corrected chi connectivity index (χ3v) is 3.21. The number of aromatic nitrogens is 2. The number of nitrogens with one attached hydrogen (secondary N) is 1. The lowest BCUT2D eigenvalue weighted by Gasteiger charge is -2.28. The second kappa shape index (κ2) is 5.60. The maximum absolute atomic E-state index is 9.03. The quantitative estimate of drug-likeness (QED) is 0.820. The van der Waals surface area contributed by atoms with E-state index in [1.807, 2.05) is 7.05 Å². The first-order valence-electron chi connectivity index (χ1n) is 5.97. The molecule has 0 spiro atoms. The molecule has 1 aliphatic rings. The van der Waals surface area contributed by atoms with Gasteiger partial charge in [-0.2, -0.15) is 5.26 Å². The van der Waals surface area contributed by atoms with Crippen LogP contribution in [0.25, 0.3) is 0 Å². The minimum atomic E-state index is 0.409. The Balaban J connectivity index is 2.17. The first-order valence-corrected chi connectivity index (χ1v) is 5.97. The normalized spacial score (nSPS) is 20.4. The summed E-state index contributed by atoms with van der Waals surface area (Å²) in [5.74, 6) is 0.696. The van der Waals surface area contributed by atoms with Gasteiger partial charge in [0.1, 0.15) is 6.07 Å². The van der Waals surface area contributed by atoms with Crippen LogP contribution >= 0.6 is 0 Å². The Hall–Kier alpha value is -1.67. The molecule has 5 heteroatoms. The number of nitriles is 1. The molecule has 1 fully saturated rings. The van der Waals surface area contributed by atoms with E-state index in [0.29, 0.717) is 17.6 Å². The molecular weight excluding hydrogens is 214 g/mol. The van der Waals surface area contributed by atoms with Gasteiger partial charge in [-0.15, -0.1) is 0 Å². The van der Waals surface area contributed by atoms with Crippen molar-refractivity contribution in [3.8, 4) is 6.07 Å². The maximum Gasteiger partial charge on any atom is 0.183 e. The van der Waals surface area contributed by atoms with E-state index < -0.39 is 0 Å². The number of hydrogen-bond acceptors (Lipinski definition) is 5. The lowest BCUT2D eigenvalue weighted by Crippen LogP contribution is -2.33. The van der Waals surface area contributed by atoms with Gasteiger partial charge in [0.15, 0.2) is 11.5 Å². The SMILES string of the molecule is CN(c1nccnc1C#N)C1CCCNCC1. The molecule has 0 aromatic carbocycles. The van der Waals surface area contributed by atoms with Crippen LogP contribution in [0.4, 0.5) is 5.82 Å². The van der Waals surface area contributed by atoms with Crippen LogP contribution < -0.4 is 10.2 Å². The van der Waals surface area contributed by atoms with E-state index in [2.05, 4.69) is 26.3 Å². The predicted molar refractivity (Wildman–Crippen MR) is 65.7 cm³/mol. The molecule has 0 amide bonds. The van der Waals surface area contributed by atoms with E-state index in [9.17, 15) is 0 Å². The van der Waals surface area contributed by atoms with Crippen molar-refractivity contribution in [2.24, 2.45) is 0 Å². The molecule has 1 saturated heterocycles. The zero-order chi connectivity index (χ0) is 12.1. The summed E-state index contributed by atoms with van der Waals surface area (Å²) in [6.45, 7) is 2.10. The molecule has 1 aromatic rings. The monoisotopic (exact) mass is 231 g/mol. The number of anilines is 1. The van der Waals surface area contributed by atoms with Crippen LogP contribution in [-0.2, 0) is 0 Å². The second-order valence-corrected chi connectivity index (χ2v) is 4.29. The predicted octanol–water partition coefficient (Wildman–Crippen LogP) is 0.927. The largest absolute Gasteiger partial charge is 0.354 e. The van der Waals surface area contributed by atoms with Gasteiger partial charge in [-0.3, -0.25) is 0 Å². The van der Waals surface area contributed by atoms with Gasteiger partial charge in [-0.05, 0) is 32.4 Å². The Labute approximate surface area is 101 Å². The van der Waals surface area contributed by atoms with Gasteiger partial charge in [0.05, 0.1) is 0 Å². The Morgan fingerprint density at radius 3 is 3.00 bits per heavy atom. The van der Waals surface area contributed by atoms with Crippen molar-refractivity contribution in [1.29, 1.82) is 5.26 Å². The van der Waals surface area contributed by atoms with Crippen molar-refractivity contribution in [3.63, 3.8) is 0 Å². The fourth-order valence-corrected chi connectivity index (χ4v) is 2.23. The van der Waals surface area contributed by atoms with Crippen molar-refractivity contribution in [3.05, 3.63) is 18.1 Å². The van der Waals surface area contributed by atoms with Gasteiger partial charge in [-0.1, -0.05) is 0 Å². The van der Waals surface area contributed by atoms with Crippen LogP contribution in [0.1, 0.15) is 25.0 Å². The average Bonchev–Trinajstić information content (AvgIpc) is 2.66. The van der Waals surface area contributed by atoms with E-state index in [4.69, 9.17) is 5.26 Å². The van der Waals surface area contributed by atoms with Crippen LogP contribution in [0.5, 0.6) is 0 Å². The minimum Gasteiger partial charge on any atom is -0.354 e. The minimum absolute atomic E-state index is 0.409. The maximum atomic E-state index is 9.03. The van der Waals surface area contributed by atoms with Crippen LogP contribution in [0.2, 0.25) is 0 Å². The highest BCUT2D eigenvalue weighted by Crippen LogP contribution is 2.20. The molecular formula is C12H17N5. The molecule has 2 heterocycles. The summed E-state index contributed by atoms with van der Waals surface area (Å²) in [6.07, 6.45) is 6.58. The van der Waals surface area contributed by atoms with Crippen molar-refractivity contribution in [1.82, 2.24) is 15.3 Å². The highest BCUT2D eigenvalue weighted by atomic mass is 15.2.